The molecular formula is C12H16FNS. The van der Waals surface area contributed by atoms with E-state index < -0.39 is 0 Å². The molecule has 1 nitrogen and oxygen atoms in total. The summed E-state index contributed by atoms with van der Waals surface area (Å²) in [7, 11) is 0. The molecule has 0 unspecified atom stereocenters. The van der Waals surface area contributed by atoms with Crippen molar-refractivity contribution in [3.8, 4) is 0 Å². The molecule has 0 saturated heterocycles. The summed E-state index contributed by atoms with van der Waals surface area (Å²) in [4.78, 5) is 0.958. The molecule has 1 aromatic carbocycles. The third kappa shape index (κ3) is 3.13. The second-order valence-electron chi connectivity index (χ2n) is 4.18. The summed E-state index contributed by atoms with van der Waals surface area (Å²) in [5, 5.41) is 0. The predicted molar refractivity (Wildman–Crippen MR) is 63.5 cm³/mol. The van der Waals surface area contributed by atoms with Gasteiger partial charge in [0.05, 0.1) is 0 Å². The molecule has 1 aromatic rings. The lowest BCUT2D eigenvalue weighted by Crippen LogP contribution is -1.96. The quantitative estimate of drug-likeness (QED) is 0.627. The highest BCUT2D eigenvalue weighted by atomic mass is 32.2. The van der Waals surface area contributed by atoms with Crippen molar-refractivity contribution in [3.05, 3.63) is 24.0 Å². The van der Waals surface area contributed by atoms with Crippen LogP contribution in [0.1, 0.15) is 25.7 Å². The molecule has 0 aromatic heterocycles. The molecule has 0 spiro atoms. The third-order valence-corrected chi connectivity index (χ3v) is 4.06. The van der Waals surface area contributed by atoms with Crippen LogP contribution in [-0.4, -0.2) is 5.75 Å². The van der Waals surface area contributed by atoms with E-state index in [1.165, 1.54) is 31.7 Å². The van der Waals surface area contributed by atoms with E-state index in [2.05, 4.69) is 0 Å². The van der Waals surface area contributed by atoms with E-state index in [1.54, 1.807) is 17.8 Å². The van der Waals surface area contributed by atoms with Crippen molar-refractivity contribution in [2.24, 2.45) is 5.92 Å². The van der Waals surface area contributed by atoms with Crippen LogP contribution in [0.4, 0.5) is 10.1 Å². The minimum Gasteiger partial charge on any atom is -0.399 e. The van der Waals surface area contributed by atoms with Crippen molar-refractivity contribution < 1.29 is 4.39 Å². The second-order valence-corrected chi connectivity index (χ2v) is 5.28. The van der Waals surface area contributed by atoms with E-state index in [0.29, 0.717) is 5.69 Å². The van der Waals surface area contributed by atoms with E-state index in [4.69, 9.17) is 5.73 Å². The summed E-state index contributed by atoms with van der Waals surface area (Å²) in [6.07, 6.45) is 5.38. The summed E-state index contributed by atoms with van der Waals surface area (Å²) in [6, 6.07) is 4.78. The number of nitrogen functional groups attached to an aromatic ring is 1. The van der Waals surface area contributed by atoms with Gasteiger partial charge in [0.2, 0.25) is 0 Å². The highest BCUT2D eigenvalue weighted by molar-refractivity contribution is 7.99. The van der Waals surface area contributed by atoms with Crippen LogP contribution in [0, 0.1) is 11.7 Å². The van der Waals surface area contributed by atoms with Crippen molar-refractivity contribution in [1.82, 2.24) is 0 Å². The van der Waals surface area contributed by atoms with Crippen molar-refractivity contribution >= 4 is 17.4 Å². The van der Waals surface area contributed by atoms with Gasteiger partial charge in [-0.3, -0.25) is 0 Å². The number of thioether (sulfide) groups is 1. The molecule has 2 rings (SSSR count). The lowest BCUT2D eigenvalue weighted by Gasteiger charge is -2.08. The predicted octanol–water partition coefficient (Wildman–Crippen LogP) is 3.69. The molecular weight excluding hydrogens is 209 g/mol. The van der Waals surface area contributed by atoms with Gasteiger partial charge in [-0.1, -0.05) is 12.8 Å². The molecule has 1 saturated carbocycles. The maximum absolute atomic E-state index is 13.0. The zero-order valence-corrected chi connectivity index (χ0v) is 9.52. The van der Waals surface area contributed by atoms with Crippen LogP contribution in [0.25, 0.3) is 0 Å². The molecule has 3 heteroatoms. The lowest BCUT2D eigenvalue weighted by molar-refractivity contribution is 0.620. The van der Waals surface area contributed by atoms with E-state index in [9.17, 15) is 4.39 Å². The fourth-order valence-electron chi connectivity index (χ4n) is 2.06. The van der Waals surface area contributed by atoms with Gasteiger partial charge >= 0.3 is 0 Å². The summed E-state index contributed by atoms with van der Waals surface area (Å²) >= 11 is 1.73. The lowest BCUT2D eigenvalue weighted by atomic mass is 10.1. The van der Waals surface area contributed by atoms with Gasteiger partial charge in [-0.05, 0) is 37.0 Å². The first kappa shape index (κ1) is 10.8. The molecule has 0 amide bonds. The van der Waals surface area contributed by atoms with Crippen LogP contribution in [0.15, 0.2) is 23.1 Å². The number of hydrogen-bond donors (Lipinski definition) is 1. The van der Waals surface area contributed by atoms with Crippen LogP contribution in [0.5, 0.6) is 0 Å². The zero-order chi connectivity index (χ0) is 10.7. The Labute approximate surface area is 94.2 Å². The third-order valence-electron chi connectivity index (χ3n) is 2.85. The van der Waals surface area contributed by atoms with Crippen LogP contribution >= 0.6 is 11.8 Å². The van der Waals surface area contributed by atoms with Gasteiger partial charge in [0.25, 0.3) is 0 Å². The van der Waals surface area contributed by atoms with Crippen molar-refractivity contribution in [1.29, 1.82) is 0 Å². The Bertz CT molecular complexity index is 314. The highest BCUT2D eigenvalue weighted by Crippen LogP contribution is 2.31. The Morgan fingerprint density at radius 1 is 1.27 bits per heavy atom. The molecule has 0 radical (unpaired) electrons. The fourth-order valence-corrected chi connectivity index (χ4v) is 3.24. The number of benzene rings is 1. The van der Waals surface area contributed by atoms with Gasteiger partial charge < -0.3 is 5.73 Å². The topological polar surface area (TPSA) is 26.0 Å². The smallest absolute Gasteiger partial charge is 0.126 e. The molecule has 0 aliphatic heterocycles. The Hall–Kier alpha value is -0.700. The maximum atomic E-state index is 13.0. The van der Waals surface area contributed by atoms with E-state index in [-0.39, 0.29) is 5.82 Å². The first-order chi connectivity index (χ1) is 7.24. The molecule has 1 fully saturated rings. The monoisotopic (exact) mass is 225 g/mol. The normalized spacial score (nSPS) is 17.1. The van der Waals surface area contributed by atoms with Gasteiger partial charge in [-0.15, -0.1) is 11.8 Å². The molecule has 2 N–H and O–H groups in total. The molecule has 0 bridgehead atoms. The second kappa shape index (κ2) is 4.88. The summed E-state index contributed by atoms with van der Waals surface area (Å²) in [5.41, 5.74) is 6.11. The average Bonchev–Trinajstić information content (AvgIpc) is 2.65. The maximum Gasteiger partial charge on any atom is 0.126 e. The summed E-state index contributed by atoms with van der Waals surface area (Å²) in [5.74, 6) is 1.69. The van der Waals surface area contributed by atoms with Crippen molar-refractivity contribution in [2.45, 2.75) is 30.6 Å². The average molecular weight is 225 g/mol. The van der Waals surface area contributed by atoms with Gasteiger partial charge in [-0.2, -0.15) is 0 Å². The first-order valence-electron chi connectivity index (χ1n) is 5.43. The van der Waals surface area contributed by atoms with E-state index in [0.717, 1.165) is 16.6 Å². The Morgan fingerprint density at radius 2 is 2.00 bits per heavy atom. The number of halogens is 1. The molecule has 0 heterocycles. The molecule has 1 aliphatic carbocycles. The molecule has 15 heavy (non-hydrogen) atoms. The highest BCUT2D eigenvalue weighted by Gasteiger charge is 2.15. The van der Waals surface area contributed by atoms with Crippen LogP contribution < -0.4 is 5.73 Å². The Kier molecular flexibility index (Phi) is 3.52. The van der Waals surface area contributed by atoms with Gasteiger partial charge in [0.1, 0.15) is 5.82 Å². The summed E-state index contributed by atoms with van der Waals surface area (Å²) < 4.78 is 13.0. The van der Waals surface area contributed by atoms with E-state index >= 15 is 0 Å². The molecule has 1 aliphatic rings. The standard InChI is InChI=1S/C12H16FNS/c13-10-5-11(14)7-12(6-10)15-8-9-3-1-2-4-9/h5-7,9H,1-4,8,14H2. The molecule has 0 atom stereocenters. The van der Waals surface area contributed by atoms with Crippen molar-refractivity contribution in [3.63, 3.8) is 0 Å². The first-order valence-corrected chi connectivity index (χ1v) is 6.41. The van der Waals surface area contributed by atoms with Crippen LogP contribution in [0.3, 0.4) is 0 Å². The van der Waals surface area contributed by atoms with E-state index in [1.807, 2.05) is 6.07 Å². The van der Waals surface area contributed by atoms with Gasteiger partial charge in [0, 0.05) is 16.3 Å². The number of rotatable bonds is 3. The zero-order valence-electron chi connectivity index (χ0n) is 8.71. The van der Waals surface area contributed by atoms with Crippen molar-refractivity contribution in [2.75, 3.05) is 11.5 Å². The number of hydrogen-bond acceptors (Lipinski definition) is 2. The number of nitrogens with two attached hydrogens (primary N) is 1. The van der Waals surface area contributed by atoms with Gasteiger partial charge in [0.15, 0.2) is 0 Å². The number of anilines is 1. The molecule has 82 valence electrons. The summed E-state index contributed by atoms with van der Waals surface area (Å²) in [6.45, 7) is 0. The SMILES string of the molecule is Nc1cc(F)cc(SCC2CCCC2)c1. The fraction of sp³-hybridized carbons (Fsp3) is 0.500. The Balaban J connectivity index is 1.92. The minimum absolute atomic E-state index is 0.232. The van der Waals surface area contributed by atoms with Gasteiger partial charge in [-0.25, -0.2) is 4.39 Å². The largest absolute Gasteiger partial charge is 0.399 e. The van der Waals surface area contributed by atoms with Crippen LogP contribution in [0.2, 0.25) is 0 Å². The minimum atomic E-state index is -0.232. The Morgan fingerprint density at radius 3 is 2.67 bits per heavy atom. The van der Waals surface area contributed by atoms with Crippen LogP contribution in [-0.2, 0) is 0 Å².